The van der Waals surface area contributed by atoms with Crippen LogP contribution in [0.3, 0.4) is 0 Å². The summed E-state index contributed by atoms with van der Waals surface area (Å²) in [7, 11) is 0. The first-order valence-corrected chi connectivity index (χ1v) is 8.82. The van der Waals surface area contributed by atoms with E-state index < -0.39 is 0 Å². The topological polar surface area (TPSA) is 40.4 Å². The van der Waals surface area contributed by atoms with Crippen molar-refractivity contribution < 1.29 is 5.11 Å². The molecule has 2 heterocycles. The first kappa shape index (κ1) is 16.5. The molecule has 0 unspecified atom stereocenters. The molecule has 0 bridgehead atoms. The highest BCUT2D eigenvalue weighted by atomic mass is 16.3. The van der Waals surface area contributed by atoms with Gasteiger partial charge in [-0.1, -0.05) is 11.6 Å². The summed E-state index contributed by atoms with van der Waals surface area (Å²) in [6.07, 6.45) is 4.23. The van der Waals surface area contributed by atoms with Crippen LogP contribution in [0.4, 0.5) is 0 Å². The highest BCUT2D eigenvalue weighted by Gasteiger charge is 2.14. The zero-order chi connectivity index (χ0) is 16.2. The summed E-state index contributed by atoms with van der Waals surface area (Å²) in [6.45, 7) is 11.2. The second kappa shape index (κ2) is 7.47. The van der Waals surface area contributed by atoms with Gasteiger partial charge >= 0.3 is 0 Å². The average molecular weight is 315 g/mol. The van der Waals surface area contributed by atoms with Gasteiger partial charge in [0.1, 0.15) is 0 Å². The molecule has 0 spiro atoms. The Balaban J connectivity index is 1.85. The Morgan fingerprint density at radius 1 is 1.13 bits per heavy atom. The number of aromatic nitrogens is 1. The lowest BCUT2D eigenvalue weighted by molar-refractivity contribution is 0.244. The zero-order valence-corrected chi connectivity index (χ0v) is 14.4. The van der Waals surface area contributed by atoms with E-state index in [0.29, 0.717) is 0 Å². The molecule has 126 valence electrons. The third kappa shape index (κ3) is 3.77. The number of rotatable bonds is 6. The summed E-state index contributed by atoms with van der Waals surface area (Å²) in [5, 5.41) is 14.0. The van der Waals surface area contributed by atoms with Crippen LogP contribution < -0.4 is 5.32 Å². The van der Waals surface area contributed by atoms with Crippen molar-refractivity contribution in [3.8, 4) is 0 Å². The molecule has 0 saturated carbocycles. The molecule has 3 rings (SSSR count). The minimum Gasteiger partial charge on any atom is -0.396 e. The number of benzene rings is 1. The minimum absolute atomic E-state index is 0.251. The lowest BCUT2D eigenvalue weighted by atomic mass is 10.0. The molecule has 4 nitrogen and oxygen atoms in total. The fraction of sp³-hybridized carbons (Fsp3) is 0.579. The summed E-state index contributed by atoms with van der Waals surface area (Å²) in [4.78, 5) is 2.55. The molecule has 0 aliphatic carbocycles. The van der Waals surface area contributed by atoms with Crippen molar-refractivity contribution >= 4 is 10.9 Å². The van der Waals surface area contributed by atoms with Crippen LogP contribution in [0.25, 0.3) is 10.9 Å². The Kier molecular flexibility index (Phi) is 5.36. The SMILES string of the molecule is Cc1cc(C)c2c(c1)c(CCN1CCNCC1)cn2CCCO. The van der Waals surface area contributed by atoms with Gasteiger partial charge in [0.15, 0.2) is 0 Å². The van der Waals surface area contributed by atoms with E-state index in [4.69, 9.17) is 5.11 Å². The molecule has 23 heavy (non-hydrogen) atoms. The van der Waals surface area contributed by atoms with Gasteiger partial charge in [0.05, 0.1) is 5.52 Å². The number of hydrogen-bond acceptors (Lipinski definition) is 3. The normalized spacial score (nSPS) is 16.3. The maximum Gasteiger partial charge on any atom is 0.0513 e. The van der Waals surface area contributed by atoms with E-state index in [1.54, 1.807) is 0 Å². The number of fused-ring (bicyclic) bond motifs is 1. The number of nitrogens with zero attached hydrogens (tertiary/aromatic N) is 2. The first-order chi connectivity index (χ1) is 11.2. The lowest BCUT2D eigenvalue weighted by Gasteiger charge is -2.26. The van der Waals surface area contributed by atoms with Crippen molar-refractivity contribution in [3.05, 3.63) is 35.0 Å². The molecule has 0 radical (unpaired) electrons. The Morgan fingerprint density at radius 3 is 2.65 bits per heavy atom. The van der Waals surface area contributed by atoms with Crippen LogP contribution in [0, 0.1) is 13.8 Å². The van der Waals surface area contributed by atoms with Crippen LogP contribution in [0.15, 0.2) is 18.3 Å². The van der Waals surface area contributed by atoms with E-state index in [9.17, 15) is 0 Å². The monoisotopic (exact) mass is 315 g/mol. The van der Waals surface area contributed by atoms with E-state index in [2.05, 4.69) is 47.0 Å². The van der Waals surface area contributed by atoms with E-state index in [1.807, 2.05) is 0 Å². The van der Waals surface area contributed by atoms with Crippen LogP contribution in [0.2, 0.25) is 0 Å². The number of nitrogens with one attached hydrogen (secondary N) is 1. The standard InChI is InChI=1S/C19H29N3O/c1-15-12-16(2)19-18(13-15)17(14-22(19)7-3-11-23)4-8-21-9-5-20-6-10-21/h12-14,20,23H,3-11H2,1-2H3. The Morgan fingerprint density at radius 2 is 1.91 bits per heavy atom. The smallest absolute Gasteiger partial charge is 0.0513 e. The van der Waals surface area contributed by atoms with E-state index in [0.717, 1.165) is 52.1 Å². The molecule has 1 aliphatic rings. The zero-order valence-electron chi connectivity index (χ0n) is 14.4. The number of piperazine rings is 1. The molecular weight excluding hydrogens is 286 g/mol. The van der Waals surface area contributed by atoms with Crippen molar-refractivity contribution in [1.29, 1.82) is 0 Å². The van der Waals surface area contributed by atoms with Crippen LogP contribution in [0.1, 0.15) is 23.1 Å². The maximum absolute atomic E-state index is 9.17. The van der Waals surface area contributed by atoms with Crippen molar-refractivity contribution in [2.75, 3.05) is 39.3 Å². The van der Waals surface area contributed by atoms with Gasteiger partial charge in [0, 0.05) is 57.5 Å². The molecule has 1 saturated heterocycles. The third-order valence-corrected chi connectivity index (χ3v) is 4.85. The first-order valence-electron chi connectivity index (χ1n) is 8.82. The number of aliphatic hydroxyl groups excluding tert-OH is 1. The van der Waals surface area contributed by atoms with Crippen molar-refractivity contribution in [2.24, 2.45) is 0 Å². The predicted octanol–water partition coefficient (Wildman–Crippen LogP) is 2.09. The molecule has 0 atom stereocenters. The molecule has 2 aromatic rings. The van der Waals surface area contributed by atoms with Crippen molar-refractivity contribution in [2.45, 2.75) is 33.2 Å². The highest BCUT2D eigenvalue weighted by Crippen LogP contribution is 2.27. The van der Waals surface area contributed by atoms with Gasteiger partial charge in [-0.2, -0.15) is 0 Å². The second-order valence-electron chi connectivity index (χ2n) is 6.74. The fourth-order valence-corrected chi connectivity index (χ4v) is 3.74. The van der Waals surface area contributed by atoms with Crippen LogP contribution in [0.5, 0.6) is 0 Å². The number of aliphatic hydroxyl groups is 1. The summed E-state index contributed by atoms with van der Waals surface area (Å²) in [5.41, 5.74) is 5.47. The van der Waals surface area contributed by atoms with Crippen LogP contribution >= 0.6 is 0 Å². The Labute approximate surface area is 139 Å². The quantitative estimate of drug-likeness (QED) is 0.857. The second-order valence-corrected chi connectivity index (χ2v) is 6.74. The molecule has 1 fully saturated rings. The van der Waals surface area contributed by atoms with Gasteiger partial charge in [0.2, 0.25) is 0 Å². The van der Waals surface area contributed by atoms with Gasteiger partial charge < -0.3 is 19.9 Å². The molecular formula is C19H29N3O. The molecule has 1 aromatic carbocycles. The van der Waals surface area contributed by atoms with Gasteiger partial charge in [0.25, 0.3) is 0 Å². The lowest BCUT2D eigenvalue weighted by Crippen LogP contribution is -2.44. The molecule has 2 N–H and O–H groups in total. The highest BCUT2D eigenvalue weighted by molar-refractivity contribution is 5.87. The number of aryl methyl sites for hydroxylation is 3. The van der Waals surface area contributed by atoms with E-state index in [-0.39, 0.29) is 6.61 Å². The van der Waals surface area contributed by atoms with E-state index in [1.165, 1.54) is 27.6 Å². The molecule has 4 heteroatoms. The third-order valence-electron chi connectivity index (χ3n) is 4.85. The largest absolute Gasteiger partial charge is 0.396 e. The Bertz CT molecular complexity index is 656. The fourth-order valence-electron chi connectivity index (χ4n) is 3.74. The summed E-state index contributed by atoms with van der Waals surface area (Å²) >= 11 is 0. The summed E-state index contributed by atoms with van der Waals surface area (Å²) in [6, 6.07) is 4.59. The molecule has 0 amide bonds. The van der Waals surface area contributed by atoms with E-state index >= 15 is 0 Å². The average Bonchev–Trinajstić information content (AvgIpc) is 2.90. The van der Waals surface area contributed by atoms with Gasteiger partial charge in [-0.3, -0.25) is 0 Å². The van der Waals surface area contributed by atoms with Crippen molar-refractivity contribution in [3.63, 3.8) is 0 Å². The number of hydrogen-bond donors (Lipinski definition) is 2. The minimum atomic E-state index is 0.251. The maximum atomic E-state index is 9.17. The van der Waals surface area contributed by atoms with Gasteiger partial charge in [-0.05, 0) is 43.9 Å². The molecule has 1 aliphatic heterocycles. The van der Waals surface area contributed by atoms with Crippen LogP contribution in [-0.4, -0.2) is 53.9 Å². The van der Waals surface area contributed by atoms with Crippen molar-refractivity contribution in [1.82, 2.24) is 14.8 Å². The summed E-state index contributed by atoms with van der Waals surface area (Å²) in [5.74, 6) is 0. The summed E-state index contributed by atoms with van der Waals surface area (Å²) < 4.78 is 2.34. The van der Waals surface area contributed by atoms with Crippen LogP contribution in [-0.2, 0) is 13.0 Å². The van der Waals surface area contributed by atoms with Gasteiger partial charge in [-0.25, -0.2) is 0 Å². The molecule has 1 aromatic heterocycles. The predicted molar refractivity (Wildman–Crippen MR) is 96.1 cm³/mol. The van der Waals surface area contributed by atoms with Gasteiger partial charge in [-0.15, -0.1) is 0 Å². The Hall–Kier alpha value is -1.36.